The number of hydrogen-bond acceptors (Lipinski definition) is 5. The molecule has 6 heteroatoms. The number of rotatable bonds is 5. The highest BCUT2D eigenvalue weighted by atomic mass is 32.1. The molecule has 0 saturated carbocycles. The normalized spacial score (nSPS) is 15.6. The van der Waals surface area contributed by atoms with Crippen molar-refractivity contribution in [1.82, 2.24) is 14.3 Å². The maximum absolute atomic E-state index is 5.98. The SMILES string of the molecule is c1cc(OCCN2CCOCC2)cc(-c2cn3c(n2)sc2ccccc23)c1. The van der Waals surface area contributed by atoms with E-state index < -0.39 is 0 Å². The van der Waals surface area contributed by atoms with Gasteiger partial charge in [0.1, 0.15) is 12.4 Å². The Labute approximate surface area is 161 Å². The van der Waals surface area contributed by atoms with Gasteiger partial charge in [-0.2, -0.15) is 0 Å². The average Bonchev–Trinajstić information content (AvgIpc) is 3.27. The molecule has 0 atom stereocenters. The van der Waals surface area contributed by atoms with Crippen molar-refractivity contribution >= 4 is 26.5 Å². The Morgan fingerprint density at radius 2 is 1.96 bits per heavy atom. The van der Waals surface area contributed by atoms with Gasteiger partial charge in [-0.3, -0.25) is 9.30 Å². The molecule has 2 aromatic heterocycles. The van der Waals surface area contributed by atoms with Crippen molar-refractivity contribution in [3.8, 4) is 17.0 Å². The lowest BCUT2D eigenvalue weighted by Crippen LogP contribution is -2.38. The number of aromatic nitrogens is 2. The summed E-state index contributed by atoms with van der Waals surface area (Å²) in [7, 11) is 0. The van der Waals surface area contributed by atoms with E-state index in [1.165, 1.54) is 10.2 Å². The number of thiazole rings is 1. The van der Waals surface area contributed by atoms with Crippen LogP contribution in [0, 0.1) is 0 Å². The molecule has 5 nitrogen and oxygen atoms in total. The lowest BCUT2D eigenvalue weighted by atomic mass is 10.1. The summed E-state index contributed by atoms with van der Waals surface area (Å²) in [4.78, 5) is 8.21. The first-order chi connectivity index (χ1) is 13.4. The van der Waals surface area contributed by atoms with Crippen LogP contribution in [0.4, 0.5) is 0 Å². The van der Waals surface area contributed by atoms with E-state index in [0.717, 1.165) is 54.8 Å². The van der Waals surface area contributed by atoms with Crippen LogP contribution in [0.3, 0.4) is 0 Å². The van der Waals surface area contributed by atoms with Crippen LogP contribution in [0.1, 0.15) is 0 Å². The molecule has 0 unspecified atom stereocenters. The fraction of sp³-hybridized carbons (Fsp3) is 0.286. The zero-order valence-corrected chi connectivity index (χ0v) is 15.8. The largest absolute Gasteiger partial charge is 0.492 e. The van der Waals surface area contributed by atoms with Crippen LogP contribution < -0.4 is 4.74 Å². The summed E-state index contributed by atoms with van der Waals surface area (Å²) in [5.74, 6) is 0.891. The van der Waals surface area contributed by atoms with Gasteiger partial charge in [0.25, 0.3) is 0 Å². The summed E-state index contributed by atoms with van der Waals surface area (Å²) in [5, 5.41) is 0. The third-order valence-corrected chi connectivity index (χ3v) is 5.95. The molecule has 1 saturated heterocycles. The van der Waals surface area contributed by atoms with E-state index >= 15 is 0 Å². The quantitative estimate of drug-likeness (QED) is 0.527. The van der Waals surface area contributed by atoms with E-state index in [1.54, 1.807) is 11.3 Å². The summed E-state index contributed by atoms with van der Waals surface area (Å²) in [6.45, 7) is 5.24. The third kappa shape index (κ3) is 3.43. The Kier molecular flexibility index (Phi) is 4.53. The van der Waals surface area contributed by atoms with E-state index in [1.807, 2.05) is 12.1 Å². The lowest BCUT2D eigenvalue weighted by Gasteiger charge is -2.26. The van der Waals surface area contributed by atoms with Gasteiger partial charge in [-0.15, -0.1) is 0 Å². The number of fused-ring (bicyclic) bond motifs is 3. The van der Waals surface area contributed by atoms with Gasteiger partial charge >= 0.3 is 0 Å². The number of imidazole rings is 1. The Hall–Kier alpha value is -2.41. The van der Waals surface area contributed by atoms with Gasteiger partial charge < -0.3 is 9.47 Å². The predicted octanol–water partition coefficient (Wildman–Crippen LogP) is 3.93. The predicted molar refractivity (Wildman–Crippen MR) is 109 cm³/mol. The minimum Gasteiger partial charge on any atom is -0.492 e. The Morgan fingerprint density at radius 1 is 1.07 bits per heavy atom. The highest BCUT2D eigenvalue weighted by molar-refractivity contribution is 7.23. The summed E-state index contributed by atoms with van der Waals surface area (Å²) < 4.78 is 14.8. The van der Waals surface area contributed by atoms with Gasteiger partial charge in [-0.05, 0) is 24.3 Å². The molecular formula is C21H21N3O2S. The van der Waals surface area contributed by atoms with E-state index in [9.17, 15) is 0 Å². The molecule has 27 heavy (non-hydrogen) atoms. The lowest BCUT2D eigenvalue weighted by molar-refractivity contribution is 0.0322. The zero-order valence-electron chi connectivity index (χ0n) is 15.0. The third-order valence-electron chi connectivity index (χ3n) is 4.91. The van der Waals surface area contributed by atoms with Crippen LogP contribution in [0.15, 0.2) is 54.7 Å². The molecule has 0 aliphatic carbocycles. The summed E-state index contributed by atoms with van der Waals surface area (Å²) in [5.41, 5.74) is 3.26. The molecule has 0 bridgehead atoms. The Balaban J connectivity index is 1.33. The minimum absolute atomic E-state index is 0.687. The van der Waals surface area contributed by atoms with Crippen molar-refractivity contribution in [3.63, 3.8) is 0 Å². The second kappa shape index (κ2) is 7.31. The van der Waals surface area contributed by atoms with Crippen molar-refractivity contribution < 1.29 is 9.47 Å². The summed E-state index contributed by atoms with van der Waals surface area (Å²) in [6.07, 6.45) is 2.11. The second-order valence-electron chi connectivity index (χ2n) is 6.68. The van der Waals surface area contributed by atoms with Crippen molar-refractivity contribution in [1.29, 1.82) is 0 Å². The van der Waals surface area contributed by atoms with E-state index in [4.69, 9.17) is 14.5 Å². The summed E-state index contributed by atoms with van der Waals surface area (Å²) in [6, 6.07) is 16.6. The van der Waals surface area contributed by atoms with Gasteiger partial charge in [0.05, 0.1) is 29.1 Å². The highest BCUT2D eigenvalue weighted by Gasteiger charge is 2.12. The van der Waals surface area contributed by atoms with E-state index in [0.29, 0.717) is 6.61 Å². The molecule has 2 aromatic carbocycles. The van der Waals surface area contributed by atoms with E-state index in [-0.39, 0.29) is 0 Å². The molecule has 4 aromatic rings. The van der Waals surface area contributed by atoms with Crippen molar-refractivity contribution in [2.75, 3.05) is 39.5 Å². The number of morpholine rings is 1. The molecule has 0 N–H and O–H groups in total. The average molecular weight is 379 g/mol. The highest BCUT2D eigenvalue weighted by Crippen LogP contribution is 2.30. The molecule has 0 spiro atoms. The van der Waals surface area contributed by atoms with Gasteiger partial charge in [0.15, 0.2) is 4.96 Å². The number of para-hydroxylation sites is 1. The monoisotopic (exact) mass is 379 g/mol. The Morgan fingerprint density at radius 3 is 2.89 bits per heavy atom. The fourth-order valence-corrected chi connectivity index (χ4v) is 4.46. The van der Waals surface area contributed by atoms with Crippen LogP contribution in [-0.2, 0) is 4.74 Å². The first-order valence-electron chi connectivity index (χ1n) is 9.27. The first kappa shape index (κ1) is 16.7. The maximum Gasteiger partial charge on any atom is 0.195 e. The van der Waals surface area contributed by atoms with Crippen molar-refractivity contribution in [3.05, 3.63) is 54.7 Å². The number of benzene rings is 2. The van der Waals surface area contributed by atoms with Gasteiger partial charge in [0, 0.05) is 31.4 Å². The smallest absolute Gasteiger partial charge is 0.195 e. The van der Waals surface area contributed by atoms with Crippen molar-refractivity contribution in [2.24, 2.45) is 0 Å². The number of ether oxygens (including phenoxy) is 2. The number of nitrogens with zero attached hydrogens (tertiary/aromatic N) is 3. The van der Waals surface area contributed by atoms with Gasteiger partial charge in [-0.1, -0.05) is 35.6 Å². The van der Waals surface area contributed by atoms with Crippen LogP contribution in [0.2, 0.25) is 0 Å². The first-order valence-corrected chi connectivity index (χ1v) is 10.1. The molecule has 5 rings (SSSR count). The Bertz CT molecular complexity index is 1070. The van der Waals surface area contributed by atoms with Crippen LogP contribution in [0.25, 0.3) is 26.4 Å². The zero-order chi connectivity index (χ0) is 18.1. The minimum atomic E-state index is 0.687. The van der Waals surface area contributed by atoms with Gasteiger partial charge in [-0.25, -0.2) is 4.98 Å². The molecule has 0 radical (unpaired) electrons. The fourth-order valence-electron chi connectivity index (χ4n) is 3.45. The molecule has 3 heterocycles. The summed E-state index contributed by atoms with van der Waals surface area (Å²) >= 11 is 1.72. The maximum atomic E-state index is 5.98. The van der Waals surface area contributed by atoms with Crippen LogP contribution >= 0.6 is 11.3 Å². The van der Waals surface area contributed by atoms with Gasteiger partial charge in [0.2, 0.25) is 0 Å². The molecule has 1 aliphatic rings. The molecule has 1 fully saturated rings. The molecule has 0 amide bonds. The number of hydrogen-bond donors (Lipinski definition) is 0. The topological polar surface area (TPSA) is 39.0 Å². The molecular weight excluding hydrogens is 358 g/mol. The molecule has 138 valence electrons. The standard InChI is InChI=1S/C21H21N3O2S/c1-2-7-20-19(6-1)24-15-18(22-21(24)27-20)16-4-3-5-17(14-16)26-13-10-23-8-11-25-12-9-23/h1-7,14-15H,8-13H2. The van der Waals surface area contributed by atoms with Crippen molar-refractivity contribution in [2.45, 2.75) is 0 Å². The van der Waals surface area contributed by atoms with Crippen LogP contribution in [0.5, 0.6) is 5.75 Å². The van der Waals surface area contributed by atoms with E-state index in [2.05, 4.69) is 51.9 Å². The second-order valence-corrected chi connectivity index (χ2v) is 7.69. The molecule has 1 aliphatic heterocycles. The van der Waals surface area contributed by atoms with Crippen LogP contribution in [-0.4, -0.2) is 53.7 Å².